The Balaban J connectivity index is 1.84. The van der Waals surface area contributed by atoms with E-state index in [0.29, 0.717) is 11.6 Å². The van der Waals surface area contributed by atoms with E-state index in [4.69, 9.17) is 16.3 Å². The van der Waals surface area contributed by atoms with Crippen molar-refractivity contribution >= 4 is 17.4 Å². The third-order valence-electron chi connectivity index (χ3n) is 3.69. The van der Waals surface area contributed by atoms with Crippen LogP contribution in [0.4, 0.5) is 4.39 Å². The van der Waals surface area contributed by atoms with E-state index in [1.54, 1.807) is 0 Å². The van der Waals surface area contributed by atoms with Gasteiger partial charge in [-0.2, -0.15) is 0 Å². The minimum absolute atomic E-state index is 0.0224. The highest BCUT2D eigenvalue weighted by Gasteiger charge is 2.24. The lowest BCUT2D eigenvalue weighted by atomic mass is 9.93. The lowest BCUT2D eigenvalue weighted by Gasteiger charge is -2.25. The molecule has 0 saturated heterocycles. The number of fused-ring (bicyclic) bond motifs is 1. The average Bonchev–Trinajstić information content (AvgIpc) is 2.50. The van der Waals surface area contributed by atoms with Crippen molar-refractivity contribution in [1.82, 2.24) is 0 Å². The summed E-state index contributed by atoms with van der Waals surface area (Å²) in [6.07, 6.45) is 0.640. The third-order valence-corrected chi connectivity index (χ3v) is 3.93. The molecule has 0 amide bonds. The van der Waals surface area contributed by atoms with E-state index in [9.17, 15) is 9.18 Å². The first-order chi connectivity index (χ1) is 10.1. The normalized spacial score (nSPS) is 17.3. The maximum absolute atomic E-state index is 13.7. The Labute approximate surface area is 127 Å². The van der Waals surface area contributed by atoms with Gasteiger partial charge in [-0.3, -0.25) is 4.79 Å². The van der Waals surface area contributed by atoms with Crippen molar-refractivity contribution in [2.45, 2.75) is 18.9 Å². The molecule has 1 atom stereocenters. The van der Waals surface area contributed by atoms with Crippen LogP contribution in [0.3, 0.4) is 0 Å². The highest BCUT2D eigenvalue weighted by atomic mass is 35.5. The van der Waals surface area contributed by atoms with E-state index in [-0.39, 0.29) is 23.9 Å². The lowest BCUT2D eigenvalue weighted by molar-refractivity contribution is 0.0351. The summed E-state index contributed by atoms with van der Waals surface area (Å²) in [5.41, 5.74) is 2.22. The second-order valence-corrected chi connectivity index (χ2v) is 5.50. The van der Waals surface area contributed by atoms with Gasteiger partial charge in [0.15, 0.2) is 5.78 Å². The first kappa shape index (κ1) is 14.2. The topological polar surface area (TPSA) is 26.3 Å². The largest absolute Gasteiger partial charge is 0.373 e. The number of Topliss-reactive ketones (excluding diaryl/α,β-unsaturated/α-hetero) is 1. The van der Waals surface area contributed by atoms with Gasteiger partial charge in [0, 0.05) is 11.4 Å². The van der Waals surface area contributed by atoms with E-state index in [0.717, 1.165) is 12.0 Å². The highest BCUT2D eigenvalue weighted by molar-refractivity contribution is 6.31. The van der Waals surface area contributed by atoms with Gasteiger partial charge in [-0.25, -0.2) is 4.39 Å². The van der Waals surface area contributed by atoms with Crippen molar-refractivity contribution in [2.75, 3.05) is 6.61 Å². The Morgan fingerprint density at radius 3 is 2.95 bits per heavy atom. The lowest BCUT2D eigenvalue weighted by Crippen LogP contribution is -2.19. The summed E-state index contributed by atoms with van der Waals surface area (Å²) in [6.45, 7) is 0.576. The zero-order valence-corrected chi connectivity index (χ0v) is 12.1. The van der Waals surface area contributed by atoms with Crippen LogP contribution >= 0.6 is 11.6 Å². The first-order valence-electron chi connectivity index (χ1n) is 6.83. The van der Waals surface area contributed by atoms with Crippen molar-refractivity contribution < 1.29 is 13.9 Å². The number of rotatable bonds is 3. The summed E-state index contributed by atoms with van der Waals surface area (Å²) in [5, 5.41) is 0.352. The van der Waals surface area contributed by atoms with Crippen LogP contribution in [0, 0.1) is 5.82 Å². The van der Waals surface area contributed by atoms with Crippen molar-refractivity contribution in [3.05, 3.63) is 70.0 Å². The van der Waals surface area contributed by atoms with E-state index < -0.39 is 5.82 Å². The fourth-order valence-electron chi connectivity index (χ4n) is 2.64. The van der Waals surface area contributed by atoms with Crippen LogP contribution in [0.15, 0.2) is 42.5 Å². The van der Waals surface area contributed by atoms with Crippen LogP contribution in [0.5, 0.6) is 0 Å². The molecule has 0 aliphatic carbocycles. The maximum atomic E-state index is 13.7. The molecule has 1 unspecified atom stereocenters. The smallest absolute Gasteiger partial charge is 0.168 e. The predicted octanol–water partition coefficient (Wildman–Crippen LogP) is 4.37. The fourth-order valence-corrected chi connectivity index (χ4v) is 2.81. The molecule has 1 aliphatic heterocycles. The summed E-state index contributed by atoms with van der Waals surface area (Å²) in [6, 6.07) is 11.9. The van der Waals surface area contributed by atoms with Gasteiger partial charge < -0.3 is 4.74 Å². The molecule has 0 N–H and O–H groups in total. The predicted molar refractivity (Wildman–Crippen MR) is 79.2 cm³/mol. The molecule has 0 aromatic heterocycles. The summed E-state index contributed by atoms with van der Waals surface area (Å²) in [4.78, 5) is 12.3. The van der Waals surface area contributed by atoms with Gasteiger partial charge >= 0.3 is 0 Å². The van der Waals surface area contributed by atoms with Crippen molar-refractivity contribution in [3.63, 3.8) is 0 Å². The number of ketones is 1. The zero-order chi connectivity index (χ0) is 14.8. The second kappa shape index (κ2) is 5.96. The number of hydrogen-bond donors (Lipinski definition) is 0. The minimum atomic E-state index is -0.548. The van der Waals surface area contributed by atoms with E-state index in [2.05, 4.69) is 0 Å². The quantitative estimate of drug-likeness (QED) is 0.787. The van der Waals surface area contributed by atoms with Crippen molar-refractivity contribution in [3.8, 4) is 0 Å². The molecule has 2 aromatic rings. The van der Waals surface area contributed by atoms with E-state index in [1.807, 2.05) is 24.3 Å². The molecule has 21 heavy (non-hydrogen) atoms. The van der Waals surface area contributed by atoms with Gasteiger partial charge in [0.1, 0.15) is 5.82 Å². The van der Waals surface area contributed by atoms with Gasteiger partial charge in [-0.1, -0.05) is 35.9 Å². The van der Waals surface area contributed by atoms with Crippen LogP contribution in [-0.2, 0) is 11.2 Å². The molecule has 0 radical (unpaired) electrons. The maximum Gasteiger partial charge on any atom is 0.168 e. The minimum Gasteiger partial charge on any atom is -0.373 e. The summed E-state index contributed by atoms with van der Waals surface area (Å²) >= 11 is 5.83. The number of ether oxygens (including phenoxy) is 1. The standard InChI is InChI=1S/C17H14ClFO2/c18-12-5-6-15(19)14(9-12)16(20)10-17-13-4-2-1-3-11(13)7-8-21-17/h1-6,9,17H,7-8,10H2. The first-order valence-corrected chi connectivity index (χ1v) is 7.20. The molecule has 2 aromatic carbocycles. The SMILES string of the molecule is O=C(CC1OCCc2ccccc21)c1cc(Cl)ccc1F. The molecule has 0 spiro atoms. The summed E-state index contributed by atoms with van der Waals surface area (Å²) < 4.78 is 19.4. The Morgan fingerprint density at radius 1 is 1.29 bits per heavy atom. The fraction of sp³-hybridized carbons (Fsp3) is 0.235. The monoisotopic (exact) mass is 304 g/mol. The van der Waals surface area contributed by atoms with Crippen molar-refractivity contribution in [1.29, 1.82) is 0 Å². The van der Waals surface area contributed by atoms with E-state index >= 15 is 0 Å². The van der Waals surface area contributed by atoms with Gasteiger partial charge in [-0.15, -0.1) is 0 Å². The van der Waals surface area contributed by atoms with Crippen LogP contribution in [0.2, 0.25) is 5.02 Å². The van der Waals surface area contributed by atoms with Gasteiger partial charge in [0.2, 0.25) is 0 Å². The highest BCUT2D eigenvalue weighted by Crippen LogP contribution is 2.31. The molecule has 3 rings (SSSR count). The molecule has 2 nitrogen and oxygen atoms in total. The number of carbonyl (C=O) groups excluding carboxylic acids is 1. The average molecular weight is 305 g/mol. The van der Waals surface area contributed by atoms with Crippen LogP contribution in [0.1, 0.15) is 34.0 Å². The Hall–Kier alpha value is -1.71. The molecule has 1 heterocycles. The molecule has 108 valence electrons. The molecule has 4 heteroatoms. The number of carbonyl (C=O) groups is 1. The summed E-state index contributed by atoms with van der Waals surface area (Å²) in [7, 11) is 0. The van der Waals surface area contributed by atoms with Crippen LogP contribution < -0.4 is 0 Å². The zero-order valence-electron chi connectivity index (χ0n) is 11.3. The Bertz CT molecular complexity index is 684. The number of hydrogen-bond acceptors (Lipinski definition) is 2. The molecule has 0 bridgehead atoms. The van der Waals surface area contributed by atoms with Gasteiger partial charge in [-0.05, 0) is 35.7 Å². The second-order valence-electron chi connectivity index (χ2n) is 5.06. The van der Waals surface area contributed by atoms with Gasteiger partial charge in [0.25, 0.3) is 0 Å². The Morgan fingerprint density at radius 2 is 2.10 bits per heavy atom. The molecule has 0 saturated carbocycles. The van der Waals surface area contributed by atoms with Crippen molar-refractivity contribution in [2.24, 2.45) is 0 Å². The van der Waals surface area contributed by atoms with Gasteiger partial charge in [0.05, 0.1) is 18.3 Å². The Kier molecular flexibility index (Phi) is 4.04. The van der Waals surface area contributed by atoms with E-state index in [1.165, 1.54) is 23.8 Å². The molecular weight excluding hydrogens is 291 g/mol. The third kappa shape index (κ3) is 2.99. The van der Waals surface area contributed by atoms with Crippen LogP contribution in [0.25, 0.3) is 0 Å². The molecular formula is C17H14ClFO2. The van der Waals surface area contributed by atoms with Crippen LogP contribution in [-0.4, -0.2) is 12.4 Å². The number of halogens is 2. The molecule has 0 fully saturated rings. The molecule has 1 aliphatic rings. The summed E-state index contributed by atoms with van der Waals surface area (Å²) in [5.74, 6) is -0.842. The number of benzene rings is 2.